The predicted octanol–water partition coefficient (Wildman–Crippen LogP) is 2.22. The molecule has 1 aromatic rings. The Bertz CT molecular complexity index is 641. The van der Waals surface area contributed by atoms with E-state index >= 15 is 0 Å². The van der Waals surface area contributed by atoms with Crippen LogP contribution in [0, 0.1) is 11.8 Å². The van der Waals surface area contributed by atoms with Crippen molar-refractivity contribution in [3.63, 3.8) is 0 Å². The van der Waals surface area contributed by atoms with Crippen LogP contribution in [0.25, 0.3) is 0 Å². The summed E-state index contributed by atoms with van der Waals surface area (Å²) in [5, 5.41) is 2.83. The second-order valence-electron chi connectivity index (χ2n) is 7.91. The molecule has 1 saturated carbocycles. The first-order valence-corrected chi connectivity index (χ1v) is 9.38. The molecule has 7 heteroatoms. The number of carbonyl (C=O) groups excluding carboxylic acids is 1. The standard InChI is InChI=1S/C19H25F2N3O2/c20-19(21)9-14(10-19)17(25)23-7-4-15-5-8-26-18(15)12-24(13-18)11-16-3-1-2-6-22-16/h1-3,6,14-15H,4-5,7-13H2,(H,23,25)/t15-/m1/s1. The minimum atomic E-state index is -2.64. The number of rotatable bonds is 6. The summed E-state index contributed by atoms with van der Waals surface area (Å²) in [4.78, 5) is 18.6. The van der Waals surface area contributed by atoms with E-state index in [0.29, 0.717) is 12.5 Å². The first-order valence-electron chi connectivity index (χ1n) is 9.38. The van der Waals surface area contributed by atoms with Crippen LogP contribution in [0.15, 0.2) is 24.4 Å². The van der Waals surface area contributed by atoms with Gasteiger partial charge < -0.3 is 10.1 Å². The van der Waals surface area contributed by atoms with Crippen molar-refractivity contribution in [3.8, 4) is 0 Å². The Morgan fingerprint density at radius 1 is 1.35 bits per heavy atom. The number of aromatic nitrogens is 1. The second-order valence-corrected chi connectivity index (χ2v) is 7.91. The van der Waals surface area contributed by atoms with E-state index in [1.807, 2.05) is 18.2 Å². The molecule has 3 heterocycles. The lowest BCUT2D eigenvalue weighted by atomic mass is 9.78. The number of hydrogen-bond donors (Lipinski definition) is 1. The van der Waals surface area contributed by atoms with Gasteiger partial charge in [0.15, 0.2) is 0 Å². The van der Waals surface area contributed by atoms with E-state index < -0.39 is 11.8 Å². The maximum Gasteiger partial charge on any atom is 0.249 e. The summed E-state index contributed by atoms with van der Waals surface area (Å²) >= 11 is 0. The average Bonchev–Trinajstić information content (AvgIpc) is 2.97. The lowest BCUT2D eigenvalue weighted by Gasteiger charge is -2.50. The van der Waals surface area contributed by atoms with Crippen LogP contribution < -0.4 is 5.32 Å². The van der Waals surface area contributed by atoms with E-state index in [0.717, 1.165) is 44.8 Å². The molecule has 2 saturated heterocycles. The highest BCUT2D eigenvalue weighted by molar-refractivity contribution is 5.79. The van der Waals surface area contributed by atoms with E-state index in [1.54, 1.807) is 6.20 Å². The molecular formula is C19H25F2N3O2. The molecule has 0 radical (unpaired) electrons. The van der Waals surface area contributed by atoms with Crippen LogP contribution in [-0.2, 0) is 16.1 Å². The molecular weight excluding hydrogens is 340 g/mol. The van der Waals surface area contributed by atoms with Gasteiger partial charge in [-0.25, -0.2) is 8.78 Å². The first kappa shape index (κ1) is 17.8. The molecule has 0 unspecified atom stereocenters. The molecule has 4 rings (SSSR count). The summed E-state index contributed by atoms with van der Waals surface area (Å²) in [7, 11) is 0. The maximum absolute atomic E-state index is 12.9. The summed E-state index contributed by atoms with van der Waals surface area (Å²) in [5.74, 6) is -2.98. The van der Waals surface area contributed by atoms with E-state index in [1.165, 1.54) is 0 Å². The minimum Gasteiger partial charge on any atom is -0.372 e. The highest BCUT2D eigenvalue weighted by Gasteiger charge is 2.52. The van der Waals surface area contributed by atoms with Gasteiger partial charge in [-0.1, -0.05) is 6.07 Å². The molecule has 142 valence electrons. The van der Waals surface area contributed by atoms with E-state index in [2.05, 4.69) is 15.2 Å². The van der Waals surface area contributed by atoms with Crippen molar-refractivity contribution in [1.82, 2.24) is 15.2 Å². The molecule has 0 aromatic carbocycles. The molecule has 1 N–H and O–H groups in total. The van der Waals surface area contributed by atoms with Crippen LogP contribution in [0.1, 0.15) is 31.4 Å². The molecule has 26 heavy (non-hydrogen) atoms. The molecule has 1 atom stereocenters. The topological polar surface area (TPSA) is 54.5 Å². The smallest absolute Gasteiger partial charge is 0.249 e. The highest BCUT2D eigenvalue weighted by atomic mass is 19.3. The lowest BCUT2D eigenvalue weighted by Crippen LogP contribution is -2.64. The van der Waals surface area contributed by atoms with Crippen LogP contribution in [0.2, 0.25) is 0 Å². The largest absolute Gasteiger partial charge is 0.372 e. The van der Waals surface area contributed by atoms with Gasteiger partial charge in [-0.15, -0.1) is 0 Å². The van der Waals surface area contributed by atoms with Crippen molar-refractivity contribution in [2.45, 2.75) is 43.8 Å². The Balaban J connectivity index is 1.20. The Hall–Kier alpha value is -1.60. The molecule has 1 aliphatic carbocycles. The second kappa shape index (κ2) is 6.85. The maximum atomic E-state index is 12.9. The summed E-state index contributed by atoms with van der Waals surface area (Å²) in [6.07, 6.45) is 3.02. The molecule has 3 fully saturated rings. The zero-order valence-electron chi connectivity index (χ0n) is 14.8. The van der Waals surface area contributed by atoms with Gasteiger partial charge >= 0.3 is 0 Å². The highest BCUT2D eigenvalue weighted by Crippen LogP contribution is 2.43. The number of nitrogens with one attached hydrogen (secondary N) is 1. The number of pyridine rings is 1. The number of nitrogens with zero attached hydrogens (tertiary/aromatic N) is 2. The number of ether oxygens (including phenoxy) is 1. The Labute approximate surface area is 152 Å². The third-order valence-electron chi connectivity index (χ3n) is 5.95. The number of carbonyl (C=O) groups is 1. The van der Waals surface area contributed by atoms with Gasteiger partial charge in [-0.2, -0.15) is 0 Å². The van der Waals surface area contributed by atoms with E-state index in [-0.39, 0.29) is 24.3 Å². The van der Waals surface area contributed by atoms with Crippen LogP contribution >= 0.6 is 0 Å². The third kappa shape index (κ3) is 3.60. The van der Waals surface area contributed by atoms with Gasteiger partial charge in [0.2, 0.25) is 11.8 Å². The number of amides is 1. The van der Waals surface area contributed by atoms with Crippen LogP contribution in [-0.4, -0.2) is 53.6 Å². The molecule has 2 aliphatic heterocycles. The van der Waals surface area contributed by atoms with Crippen molar-refractivity contribution in [2.75, 3.05) is 26.2 Å². The Morgan fingerprint density at radius 2 is 2.15 bits per heavy atom. The number of likely N-dealkylation sites (tertiary alicyclic amines) is 1. The van der Waals surface area contributed by atoms with E-state index in [9.17, 15) is 13.6 Å². The minimum absolute atomic E-state index is 0.108. The monoisotopic (exact) mass is 365 g/mol. The van der Waals surface area contributed by atoms with Gasteiger partial charge in [0, 0.05) is 57.7 Å². The SMILES string of the molecule is O=C(NCC[C@@H]1CCOC12CN(Cc1ccccn1)C2)C1CC(F)(F)C1. The van der Waals surface area contributed by atoms with Gasteiger partial charge in [0.05, 0.1) is 11.3 Å². The fourth-order valence-electron chi connectivity index (χ4n) is 4.45. The molecule has 1 aromatic heterocycles. The molecule has 1 spiro atoms. The zero-order valence-corrected chi connectivity index (χ0v) is 14.8. The van der Waals surface area contributed by atoms with Crippen molar-refractivity contribution >= 4 is 5.91 Å². The van der Waals surface area contributed by atoms with Gasteiger partial charge in [0.1, 0.15) is 0 Å². The molecule has 3 aliphatic rings. The Morgan fingerprint density at radius 3 is 2.85 bits per heavy atom. The van der Waals surface area contributed by atoms with Gasteiger partial charge in [-0.3, -0.25) is 14.7 Å². The lowest BCUT2D eigenvalue weighted by molar-refractivity contribution is -0.150. The predicted molar refractivity (Wildman–Crippen MR) is 91.6 cm³/mol. The zero-order chi connectivity index (χ0) is 18.2. The third-order valence-corrected chi connectivity index (χ3v) is 5.95. The average molecular weight is 365 g/mol. The van der Waals surface area contributed by atoms with E-state index in [4.69, 9.17) is 4.74 Å². The van der Waals surface area contributed by atoms with Crippen molar-refractivity contribution in [2.24, 2.45) is 11.8 Å². The van der Waals surface area contributed by atoms with Crippen molar-refractivity contribution in [1.29, 1.82) is 0 Å². The number of alkyl halides is 2. The summed E-state index contributed by atoms with van der Waals surface area (Å²) in [5.41, 5.74) is 0.949. The molecule has 1 amide bonds. The van der Waals surface area contributed by atoms with Gasteiger partial charge in [-0.05, 0) is 30.9 Å². The summed E-state index contributed by atoms with van der Waals surface area (Å²) < 4.78 is 31.8. The first-order chi connectivity index (χ1) is 12.5. The molecule has 5 nitrogen and oxygen atoms in total. The quantitative estimate of drug-likeness (QED) is 0.840. The van der Waals surface area contributed by atoms with Crippen LogP contribution in [0.5, 0.6) is 0 Å². The fourth-order valence-corrected chi connectivity index (χ4v) is 4.45. The van der Waals surface area contributed by atoms with Crippen LogP contribution in [0.3, 0.4) is 0 Å². The molecule has 0 bridgehead atoms. The Kier molecular flexibility index (Phi) is 4.69. The van der Waals surface area contributed by atoms with Crippen molar-refractivity contribution < 1.29 is 18.3 Å². The van der Waals surface area contributed by atoms with Crippen molar-refractivity contribution in [3.05, 3.63) is 30.1 Å². The normalized spacial score (nSPS) is 27.1. The fraction of sp³-hybridized carbons (Fsp3) is 0.684. The summed E-state index contributed by atoms with van der Waals surface area (Å²) in [6.45, 7) is 3.89. The summed E-state index contributed by atoms with van der Waals surface area (Å²) in [6, 6.07) is 5.93. The number of hydrogen-bond acceptors (Lipinski definition) is 4. The van der Waals surface area contributed by atoms with Gasteiger partial charge in [0.25, 0.3) is 0 Å². The van der Waals surface area contributed by atoms with Crippen LogP contribution in [0.4, 0.5) is 8.78 Å². The number of halogens is 2.